The molecule has 1 amide bonds. The molecular weight excluding hydrogens is 228 g/mol. The van der Waals surface area contributed by atoms with Gasteiger partial charge in [0.15, 0.2) is 0 Å². The summed E-state index contributed by atoms with van der Waals surface area (Å²) in [4.78, 5) is 16.3. The predicted octanol–water partition coefficient (Wildman–Crippen LogP) is 2.48. The van der Waals surface area contributed by atoms with E-state index < -0.39 is 0 Å². The number of piperazine rings is 1. The summed E-state index contributed by atoms with van der Waals surface area (Å²) in [6, 6.07) is 0.571. The number of hydrogen-bond acceptors (Lipinski definition) is 3. The Morgan fingerprint density at radius 2 is 1.67 bits per heavy atom. The number of nitrogens with zero attached hydrogens (tertiary/aromatic N) is 2. The largest absolute Gasteiger partial charge is 0.446 e. The van der Waals surface area contributed by atoms with Crippen molar-refractivity contribution in [2.75, 3.05) is 26.2 Å². The molecule has 1 saturated heterocycles. The number of carbonyl (C=O) groups excluding carboxylic acids is 1. The Morgan fingerprint density at radius 1 is 1.06 bits per heavy atom. The fourth-order valence-corrected chi connectivity index (χ4v) is 2.82. The maximum Gasteiger partial charge on any atom is 0.410 e. The molecule has 4 heteroatoms. The SMILES string of the molecule is CC(C)N1CCN(C(=O)OC2CCCCC2)CC1. The van der Waals surface area contributed by atoms with E-state index in [-0.39, 0.29) is 12.2 Å². The van der Waals surface area contributed by atoms with Crippen LogP contribution in [0.3, 0.4) is 0 Å². The number of ether oxygens (including phenoxy) is 1. The van der Waals surface area contributed by atoms with Crippen molar-refractivity contribution in [2.24, 2.45) is 0 Å². The van der Waals surface area contributed by atoms with Crippen LogP contribution in [0, 0.1) is 0 Å². The van der Waals surface area contributed by atoms with Crippen LogP contribution in [0.4, 0.5) is 4.79 Å². The van der Waals surface area contributed by atoms with Crippen molar-refractivity contribution in [3.05, 3.63) is 0 Å². The molecule has 2 aliphatic rings. The van der Waals surface area contributed by atoms with Gasteiger partial charge >= 0.3 is 6.09 Å². The van der Waals surface area contributed by atoms with E-state index in [1.165, 1.54) is 19.3 Å². The van der Waals surface area contributed by atoms with Crippen LogP contribution >= 0.6 is 0 Å². The summed E-state index contributed by atoms with van der Waals surface area (Å²) in [5, 5.41) is 0. The molecule has 0 radical (unpaired) electrons. The molecule has 0 aromatic carbocycles. The summed E-state index contributed by atoms with van der Waals surface area (Å²) >= 11 is 0. The van der Waals surface area contributed by atoms with Crippen LogP contribution in [-0.2, 0) is 4.74 Å². The molecule has 0 bridgehead atoms. The van der Waals surface area contributed by atoms with Crippen molar-refractivity contribution in [1.29, 1.82) is 0 Å². The fraction of sp³-hybridized carbons (Fsp3) is 0.929. The standard InChI is InChI=1S/C14H26N2O2/c1-12(2)15-8-10-16(11-9-15)14(17)18-13-6-4-3-5-7-13/h12-13H,3-11H2,1-2H3. The van der Waals surface area contributed by atoms with Gasteiger partial charge in [-0.25, -0.2) is 4.79 Å². The van der Waals surface area contributed by atoms with Crippen molar-refractivity contribution in [3.8, 4) is 0 Å². The zero-order chi connectivity index (χ0) is 13.0. The lowest BCUT2D eigenvalue weighted by molar-refractivity contribution is 0.0293. The lowest BCUT2D eigenvalue weighted by Crippen LogP contribution is -2.51. The molecule has 1 aliphatic heterocycles. The summed E-state index contributed by atoms with van der Waals surface area (Å²) in [6.07, 6.45) is 5.90. The van der Waals surface area contributed by atoms with Gasteiger partial charge in [-0.05, 0) is 39.5 Å². The maximum atomic E-state index is 12.0. The van der Waals surface area contributed by atoms with Gasteiger partial charge in [-0.2, -0.15) is 0 Å². The molecule has 4 nitrogen and oxygen atoms in total. The Morgan fingerprint density at radius 3 is 2.22 bits per heavy atom. The predicted molar refractivity (Wildman–Crippen MR) is 71.6 cm³/mol. The second kappa shape index (κ2) is 6.41. The van der Waals surface area contributed by atoms with Crippen LogP contribution in [-0.4, -0.2) is 54.2 Å². The van der Waals surface area contributed by atoms with E-state index in [1.54, 1.807) is 0 Å². The van der Waals surface area contributed by atoms with Crippen molar-refractivity contribution in [2.45, 2.75) is 58.1 Å². The van der Waals surface area contributed by atoms with Gasteiger partial charge in [-0.1, -0.05) is 6.42 Å². The highest BCUT2D eigenvalue weighted by Gasteiger charge is 2.26. The zero-order valence-electron chi connectivity index (χ0n) is 11.7. The second-order valence-electron chi connectivity index (χ2n) is 5.76. The number of carbonyl (C=O) groups is 1. The molecule has 0 spiro atoms. The van der Waals surface area contributed by atoms with E-state index in [9.17, 15) is 4.79 Å². The Labute approximate surface area is 110 Å². The highest BCUT2D eigenvalue weighted by atomic mass is 16.6. The Bertz CT molecular complexity index is 267. The van der Waals surface area contributed by atoms with Gasteiger partial charge in [-0.3, -0.25) is 4.90 Å². The molecule has 0 aromatic rings. The van der Waals surface area contributed by atoms with Gasteiger partial charge in [0.25, 0.3) is 0 Å². The zero-order valence-corrected chi connectivity index (χ0v) is 11.7. The van der Waals surface area contributed by atoms with Crippen molar-refractivity contribution >= 4 is 6.09 Å². The van der Waals surface area contributed by atoms with Crippen LogP contribution in [0.2, 0.25) is 0 Å². The van der Waals surface area contributed by atoms with Crippen molar-refractivity contribution in [3.63, 3.8) is 0 Å². The molecular formula is C14H26N2O2. The second-order valence-corrected chi connectivity index (χ2v) is 5.76. The topological polar surface area (TPSA) is 32.8 Å². The summed E-state index contributed by atoms with van der Waals surface area (Å²) in [6.45, 7) is 7.97. The quantitative estimate of drug-likeness (QED) is 0.759. The third-order valence-corrected chi connectivity index (χ3v) is 4.12. The third-order valence-electron chi connectivity index (χ3n) is 4.12. The molecule has 1 saturated carbocycles. The highest BCUT2D eigenvalue weighted by molar-refractivity contribution is 5.68. The van der Waals surface area contributed by atoms with Gasteiger partial charge in [0.2, 0.25) is 0 Å². The summed E-state index contributed by atoms with van der Waals surface area (Å²) in [5.74, 6) is 0. The molecule has 0 unspecified atom stereocenters. The van der Waals surface area contributed by atoms with Crippen LogP contribution in [0.1, 0.15) is 46.0 Å². The molecule has 104 valence electrons. The van der Waals surface area contributed by atoms with E-state index in [4.69, 9.17) is 4.74 Å². The minimum Gasteiger partial charge on any atom is -0.446 e. The molecule has 18 heavy (non-hydrogen) atoms. The van der Waals surface area contributed by atoms with Gasteiger partial charge in [-0.15, -0.1) is 0 Å². The van der Waals surface area contributed by atoms with Crippen molar-refractivity contribution in [1.82, 2.24) is 9.80 Å². The van der Waals surface area contributed by atoms with Crippen LogP contribution in [0.5, 0.6) is 0 Å². The monoisotopic (exact) mass is 254 g/mol. The smallest absolute Gasteiger partial charge is 0.410 e. The highest BCUT2D eigenvalue weighted by Crippen LogP contribution is 2.21. The molecule has 2 fully saturated rings. The average Bonchev–Trinajstić information content (AvgIpc) is 2.40. The molecule has 0 aromatic heterocycles. The van der Waals surface area contributed by atoms with Crippen LogP contribution in [0.15, 0.2) is 0 Å². The Balaban J connectivity index is 1.73. The molecule has 2 rings (SSSR count). The fourth-order valence-electron chi connectivity index (χ4n) is 2.82. The van der Waals surface area contributed by atoms with Gasteiger partial charge in [0.05, 0.1) is 0 Å². The molecule has 1 heterocycles. The van der Waals surface area contributed by atoms with E-state index in [0.717, 1.165) is 39.0 Å². The van der Waals surface area contributed by atoms with E-state index >= 15 is 0 Å². The summed E-state index contributed by atoms with van der Waals surface area (Å²) in [7, 11) is 0. The van der Waals surface area contributed by atoms with Crippen LogP contribution < -0.4 is 0 Å². The normalized spacial score (nSPS) is 23.4. The minimum atomic E-state index is -0.0923. The van der Waals surface area contributed by atoms with E-state index in [1.807, 2.05) is 4.90 Å². The summed E-state index contributed by atoms with van der Waals surface area (Å²) < 4.78 is 5.59. The minimum absolute atomic E-state index is 0.0923. The number of rotatable bonds is 2. The van der Waals surface area contributed by atoms with Crippen molar-refractivity contribution < 1.29 is 9.53 Å². The molecule has 0 atom stereocenters. The van der Waals surface area contributed by atoms with E-state index in [0.29, 0.717) is 6.04 Å². The molecule has 0 N–H and O–H groups in total. The van der Waals surface area contributed by atoms with Gasteiger partial charge in [0, 0.05) is 32.2 Å². The Kier molecular flexibility index (Phi) is 4.87. The summed E-state index contributed by atoms with van der Waals surface area (Å²) in [5.41, 5.74) is 0. The first-order valence-electron chi connectivity index (χ1n) is 7.36. The maximum absolute atomic E-state index is 12.0. The van der Waals surface area contributed by atoms with Crippen LogP contribution in [0.25, 0.3) is 0 Å². The first kappa shape index (κ1) is 13.7. The third kappa shape index (κ3) is 3.61. The van der Waals surface area contributed by atoms with Gasteiger partial charge < -0.3 is 9.64 Å². The van der Waals surface area contributed by atoms with Gasteiger partial charge in [0.1, 0.15) is 6.10 Å². The average molecular weight is 254 g/mol. The van der Waals surface area contributed by atoms with E-state index in [2.05, 4.69) is 18.7 Å². The lowest BCUT2D eigenvalue weighted by atomic mass is 9.98. The first-order chi connectivity index (χ1) is 8.66. The Hall–Kier alpha value is -0.770. The molecule has 1 aliphatic carbocycles. The first-order valence-corrected chi connectivity index (χ1v) is 7.36. The number of amides is 1. The lowest BCUT2D eigenvalue weighted by Gasteiger charge is -2.37. The number of hydrogen-bond donors (Lipinski definition) is 0.